The van der Waals surface area contributed by atoms with Crippen molar-refractivity contribution in [2.75, 3.05) is 6.54 Å². The van der Waals surface area contributed by atoms with Gasteiger partial charge >= 0.3 is 6.09 Å². The molecule has 2 aliphatic rings. The second-order valence-electron chi connectivity index (χ2n) is 9.83. The summed E-state index contributed by atoms with van der Waals surface area (Å²) in [5.41, 5.74) is 2.12. The van der Waals surface area contributed by atoms with E-state index >= 15 is 4.57 Å². The van der Waals surface area contributed by atoms with E-state index in [0.717, 1.165) is 43.2 Å². The average molecular weight is 452 g/mol. The highest BCUT2D eigenvalue weighted by Crippen LogP contribution is 2.81. The molecule has 170 valence electrons. The van der Waals surface area contributed by atoms with E-state index in [9.17, 15) is 4.79 Å². The summed E-state index contributed by atoms with van der Waals surface area (Å²) in [6.45, 7) is 6.18. The molecule has 2 aromatic carbocycles. The molecule has 4 rings (SSSR count). The minimum atomic E-state index is -3.03. The molecule has 5 heteroatoms. The summed E-state index contributed by atoms with van der Waals surface area (Å²) in [5, 5.41) is 0. The van der Waals surface area contributed by atoms with Gasteiger partial charge in [-0.15, -0.1) is 0 Å². The number of amides is 1. The van der Waals surface area contributed by atoms with Crippen molar-refractivity contribution in [2.24, 2.45) is 0 Å². The number of carbonyl (C=O) groups excluding carboxylic acids is 1. The summed E-state index contributed by atoms with van der Waals surface area (Å²) in [6.07, 6.45) is 6.09. The van der Waals surface area contributed by atoms with E-state index in [0.29, 0.717) is 12.0 Å². The molecule has 1 saturated heterocycles. The van der Waals surface area contributed by atoms with Gasteiger partial charge in [0.15, 0.2) is 0 Å². The molecular weight excluding hydrogens is 417 g/mol. The van der Waals surface area contributed by atoms with Crippen molar-refractivity contribution in [3.05, 3.63) is 83.3 Å². The van der Waals surface area contributed by atoms with E-state index in [2.05, 4.69) is 30.3 Å². The van der Waals surface area contributed by atoms with Crippen molar-refractivity contribution in [3.8, 4) is 0 Å². The molecule has 2 atom stereocenters. The third-order valence-corrected chi connectivity index (χ3v) is 10.5. The fourth-order valence-corrected chi connectivity index (χ4v) is 9.41. The van der Waals surface area contributed by atoms with Crippen LogP contribution in [0.2, 0.25) is 0 Å². The molecule has 0 saturated carbocycles. The smallest absolute Gasteiger partial charge is 0.414 e. The van der Waals surface area contributed by atoms with Crippen LogP contribution >= 0.6 is 7.14 Å². The summed E-state index contributed by atoms with van der Waals surface area (Å²) in [5.74, 6) is 0. The topological polar surface area (TPSA) is 46.6 Å². The van der Waals surface area contributed by atoms with Crippen molar-refractivity contribution in [1.82, 2.24) is 4.90 Å². The lowest BCUT2D eigenvalue weighted by Crippen LogP contribution is -2.37. The monoisotopic (exact) mass is 451 g/mol. The molecule has 1 amide bonds. The molecule has 0 aliphatic carbocycles. The largest absolute Gasteiger partial charge is 0.443 e. The number of hydrogen-bond donors (Lipinski definition) is 0. The van der Waals surface area contributed by atoms with E-state index in [4.69, 9.17) is 4.74 Å². The lowest BCUT2D eigenvalue weighted by molar-refractivity contribution is 0.0326. The summed E-state index contributed by atoms with van der Waals surface area (Å²) < 4.78 is 21.1. The summed E-state index contributed by atoms with van der Waals surface area (Å²) in [4.78, 5) is 15.0. The Morgan fingerprint density at radius 3 is 1.94 bits per heavy atom. The molecule has 1 fully saturated rings. The molecule has 32 heavy (non-hydrogen) atoms. The Morgan fingerprint density at radius 2 is 1.44 bits per heavy atom. The van der Waals surface area contributed by atoms with Gasteiger partial charge in [0.05, 0.1) is 5.44 Å². The molecule has 0 radical (unpaired) electrons. The Morgan fingerprint density at radius 1 is 0.906 bits per heavy atom. The van der Waals surface area contributed by atoms with E-state index in [-0.39, 0.29) is 17.4 Å². The van der Waals surface area contributed by atoms with Gasteiger partial charge in [-0.1, -0.05) is 66.7 Å². The van der Waals surface area contributed by atoms with Crippen molar-refractivity contribution in [2.45, 2.75) is 69.8 Å². The van der Waals surface area contributed by atoms with Crippen molar-refractivity contribution in [1.29, 1.82) is 0 Å². The first kappa shape index (κ1) is 22.9. The van der Waals surface area contributed by atoms with Crippen LogP contribution in [-0.2, 0) is 9.30 Å². The molecule has 0 N–H and O–H groups in total. The highest BCUT2D eigenvalue weighted by Gasteiger charge is 2.52. The van der Waals surface area contributed by atoms with Crippen molar-refractivity contribution in [3.63, 3.8) is 0 Å². The van der Waals surface area contributed by atoms with Gasteiger partial charge < -0.3 is 9.30 Å². The van der Waals surface area contributed by atoms with Crippen molar-refractivity contribution < 1.29 is 14.1 Å². The molecule has 0 spiro atoms. The molecular formula is C27H34NO3P. The molecule has 2 heterocycles. The van der Waals surface area contributed by atoms with Crippen LogP contribution in [0, 0.1) is 0 Å². The number of hydrogen-bond acceptors (Lipinski definition) is 3. The Labute approximate surface area is 192 Å². The second kappa shape index (κ2) is 9.27. The lowest BCUT2D eigenvalue weighted by atomic mass is 10.0. The van der Waals surface area contributed by atoms with Gasteiger partial charge in [-0.2, -0.15) is 0 Å². The second-order valence-corrected chi connectivity index (χ2v) is 13.0. The van der Waals surface area contributed by atoms with Gasteiger partial charge in [0, 0.05) is 17.9 Å². The molecule has 0 aromatic heterocycles. The molecule has 2 aliphatic heterocycles. The third kappa shape index (κ3) is 4.57. The predicted molar refractivity (Wildman–Crippen MR) is 130 cm³/mol. The van der Waals surface area contributed by atoms with Gasteiger partial charge in [-0.25, -0.2) is 4.79 Å². The quantitative estimate of drug-likeness (QED) is 0.446. The highest BCUT2D eigenvalue weighted by atomic mass is 31.2. The zero-order valence-electron chi connectivity index (χ0n) is 19.4. The Hall–Kier alpha value is -2.32. The maximum atomic E-state index is 15.3. The molecule has 0 bridgehead atoms. The van der Waals surface area contributed by atoms with Gasteiger partial charge in [0.1, 0.15) is 12.7 Å². The third-order valence-electron chi connectivity index (χ3n) is 6.42. The predicted octanol–water partition coefficient (Wildman–Crippen LogP) is 7.89. The first-order valence-electron chi connectivity index (χ1n) is 11.7. The average Bonchev–Trinajstić information content (AvgIpc) is 2.94. The van der Waals surface area contributed by atoms with Crippen molar-refractivity contribution >= 4 is 13.2 Å². The van der Waals surface area contributed by atoms with Gasteiger partial charge in [-0.05, 0) is 64.0 Å². The Kier molecular flexibility index (Phi) is 6.62. The SMILES string of the molecule is CC(C)(C)OC(=O)N1CCCCC=C1P1(=O)[C@@H](c2ccccc2)CC[C@@H]1c1ccccc1. The Bertz CT molecular complexity index is 959. The normalized spacial score (nSPS) is 23.3. The van der Waals surface area contributed by atoms with Crippen LogP contribution in [0.15, 0.2) is 72.2 Å². The van der Waals surface area contributed by atoms with E-state index in [1.807, 2.05) is 57.2 Å². The fourth-order valence-electron chi connectivity index (χ4n) is 5.07. The van der Waals surface area contributed by atoms with Crippen LogP contribution in [0.5, 0.6) is 0 Å². The van der Waals surface area contributed by atoms with Gasteiger partial charge in [-0.3, -0.25) is 4.90 Å². The van der Waals surface area contributed by atoms with Gasteiger partial charge in [0.25, 0.3) is 0 Å². The van der Waals surface area contributed by atoms with Crippen LogP contribution in [0.4, 0.5) is 4.79 Å². The molecule has 2 aromatic rings. The Balaban J connectivity index is 1.83. The fraction of sp³-hybridized carbons (Fsp3) is 0.444. The highest BCUT2D eigenvalue weighted by molar-refractivity contribution is 7.69. The first-order valence-corrected chi connectivity index (χ1v) is 13.6. The maximum absolute atomic E-state index is 15.3. The number of rotatable bonds is 3. The minimum Gasteiger partial charge on any atom is -0.443 e. The zero-order chi connectivity index (χ0) is 22.8. The van der Waals surface area contributed by atoms with E-state index < -0.39 is 12.7 Å². The standard InChI is InChI=1S/C27H34NO3P/c1-27(2,3)31-26(29)28-20-12-6-11-17-25(28)32(30)23(21-13-7-4-8-14-21)18-19-24(32)22-15-9-5-10-16-22/h4-5,7-10,13-17,23-24H,6,11-12,18-20H2,1-3H3/t23-,24-/m1/s1. The van der Waals surface area contributed by atoms with Crippen LogP contribution < -0.4 is 0 Å². The minimum absolute atomic E-state index is 0.0943. The number of nitrogens with zero attached hydrogens (tertiary/aromatic N) is 1. The number of carbonyl (C=O) groups is 1. The molecule has 4 nitrogen and oxygen atoms in total. The first-order chi connectivity index (χ1) is 15.3. The van der Waals surface area contributed by atoms with E-state index in [1.54, 1.807) is 4.90 Å². The van der Waals surface area contributed by atoms with E-state index in [1.165, 1.54) is 0 Å². The maximum Gasteiger partial charge on any atom is 0.414 e. The lowest BCUT2D eigenvalue weighted by Gasteiger charge is -2.35. The number of ether oxygens (including phenoxy) is 1. The van der Waals surface area contributed by atoms with Crippen LogP contribution in [0.25, 0.3) is 0 Å². The molecule has 0 unspecified atom stereocenters. The summed E-state index contributed by atoms with van der Waals surface area (Å²) >= 11 is 0. The number of allylic oxidation sites excluding steroid dienone is 1. The van der Waals surface area contributed by atoms with Crippen LogP contribution in [0.1, 0.15) is 75.3 Å². The summed E-state index contributed by atoms with van der Waals surface area (Å²) in [6, 6.07) is 20.4. The van der Waals surface area contributed by atoms with Gasteiger partial charge in [0.2, 0.25) is 0 Å². The van der Waals surface area contributed by atoms with Crippen LogP contribution in [0.3, 0.4) is 0 Å². The van der Waals surface area contributed by atoms with Crippen LogP contribution in [-0.4, -0.2) is 23.1 Å². The number of benzene rings is 2. The summed E-state index contributed by atoms with van der Waals surface area (Å²) in [7, 11) is -3.03. The zero-order valence-corrected chi connectivity index (χ0v) is 20.3.